The van der Waals surface area contributed by atoms with Gasteiger partial charge in [-0.15, -0.1) is 0 Å². The summed E-state index contributed by atoms with van der Waals surface area (Å²) < 4.78 is 15.3. The van der Waals surface area contributed by atoms with Gasteiger partial charge in [-0.3, -0.25) is 0 Å². The number of fused-ring (bicyclic) bond motifs is 2. The van der Waals surface area contributed by atoms with E-state index in [0.29, 0.717) is 0 Å². The molecule has 0 aliphatic heterocycles. The highest BCUT2D eigenvalue weighted by atomic mass is 31.2. The lowest BCUT2D eigenvalue weighted by molar-refractivity contribution is 0.592. The molecule has 0 unspecified atom stereocenters. The quantitative estimate of drug-likeness (QED) is 0.160. The largest absolute Gasteiger partial charge is 0.309 e. The van der Waals surface area contributed by atoms with Crippen LogP contribution in [0.25, 0.3) is 43.8 Å². The first kappa shape index (κ1) is 24.3. The molecule has 7 rings (SSSR count). The highest BCUT2D eigenvalue weighted by molar-refractivity contribution is 7.85. The number of rotatable bonds is 5. The predicted octanol–water partition coefficient (Wildman–Crippen LogP) is 8.97. The van der Waals surface area contributed by atoms with Crippen molar-refractivity contribution < 1.29 is 4.57 Å². The van der Waals surface area contributed by atoms with Gasteiger partial charge in [0.15, 0.2) is 7.14 Å². The molecule has 0 spiro atoms. The van der Waals surface area contributed by atoms with Gasteiger partial charge in [0.25, 0.3) is 0 Å². The lowest BCUT2D eigenvalue weighted by Gasteiger charge is -2.23. The van der Waals surface area contributed by atoms with E-state index in [1.54, 1.807) is 0 Å². The Hall–Kier alpha value is -4.71. The van der Waals surface area contributed by atoms with E-state index in [4.69, 9.17) is 0 Å². The van der Waals surface area contributed by atoms with Crippen LogP contribution in [-0.2, 0) is 4.57 Å². The second kappa shape index (κ2) is 10.1. The highest BCUT2D eigenvalue weighted by Gasteiger charge is 2.30. The number of hydrogen-bond donors (Lipinski definition) is 0. The molecule has 1 nitrogen and oxygen atoms in total. The van der Waals surface area contributed by atoms with E-state index in [9.17, 15) is 0 Å². The van der Waals surface area contributed by atoms with E-state index in [2.05, 4.69) is 103 Å². The summed E-state index contributed by atoms with van der Waals surface area (Å²) in [4.78, 5) is 0. The van der Waals surface area contributed by atoms with Gasteiger partial charge in [0, 0.05) is 15.9 Å². The average molecular weight is 531 g/mol. The second-order valence-corrected chi connectivity index (χ2v) is 12.8. The van der Waals surface area contributed by atoms with Crippen LogP contribution in [0.4, 0.5) is 0 Å². The third-order valence-corrected chi connectivity index (χ3v) is 10.8. The smallest absolute Gasteiger partial charge is 0.171 e. The number of hydrogen-bond acceptors (Lipinski definition) is 1. The van der Waals surface area contributed by atoms with Gasteiger partial charge in [-0.05, 0) is 49.9 Å². The van der Waals surface area contributed by atoms with E-state index in [1.165, 1.54) is 27.5 Å². The van der Waals surface area contributed by atoms with Crippen LogP contribution in [0.5, 0.6) is 0 Å². The molecule has 0 saturated heterocycles. The maximum atomic E-state index is 15.3. The fraction of sp³-hybridized carbons (Fsp3) is 0. The third kappa shape index (κ3) is 3.99. The third-order valence-electron chi connectivity index (χ3n) is 7.74. The Morgan fingerprint density at radius 1 is 0.325 bits per heavy atom. The molecule has 0 aliphatic carbocycles. The van der Waals surface area contributed by atoms with Gasteiger partial charge in [-0.25, -0.2) is 0 Å². The topological polar surface area (TPSA) is 17.1 Å². The van der Waals surface area contributed by atoms with Gasteiger partial charge in [0.05, 0.1) is 0 Å². The monoisotopic (exact) mass is 530 g/mol. The van der Waals surface area contributed by atoms with E-state index in [-0.39, 0.29) is 0 Å². The fourth-order valence-electron chi connectivity index (χ4n) is 5.92. The van der Waals surface area contributed by atoms with Crippen LogP contribution < -0.4 is 15.9 Å². The maximum absolute atomic E-state index is 15.3. The van der Waals surface area contributed by atoms with E-state index in [1.807, 2.05) is 60.7 Å². The molecule has 0 heterocycles. The summed E-state index contributed by atoms with van der Waals surface area (Å²) in [6, 6.07) is 56.1. The van der Waals surface area contributed by atoms with Crippen molar-refractivity contribution in [1.82, 2.24) is 0 Å². The number of benzene rings is 7. The van der Waals surface area contributed by atoms with Gasteiger partial charge < -0.3 is 4.57 Å². The van der Waals surface area contributed by atoms with Crippen LogP contribution in [0.15, 0.2) is 164 Å². The van der Waals surface area contributed by atoms with Crippen molar-refractivity contribution in [1.29, 1.82) is 0 Å². The van der Waals surface area contributed by atoms with Crippen molar-refractivity contribution in [3.63, 3.8) is 0 Å². The Bertz CT molecular complexity index is 1950. The molecule has 190 valence electrons. The van der Waals surface area contributed by atoms with Crippen molar-refractivity contribution in [2.45, 2.75) is 0 Å². The molecule has 7 aromatic rings. The Kier molecular flexibility index (Phi) is 6.16. The molecule has 0 N–H and O–H groups in total. The summed E-state index contributed by atoms with van der Waals surface area (Å²) in [5, 5.41) is 7.17. The van der Waals surface area contributed by atoms with E-state index < -0.39 is 7.14 Å². The van der Waals surface area contributed by atoms with E-state index in [0.717, 1.165) is 32.2 Å². The standard InChI is InChI=1S/C38H27OP/c39-40(30-19-9-3-10-20-30,31-21-11-4-12-22-31)32-25-26-35-36(27-32)38(29-17-7-2-8-18-29)34-24-14-13-23-33(34)37(35)28-15-5-1-6-16-28/h1-27H. The average Bonchev–Trinajstić information content (AvgIpc) is 3.04. The van der Waals surface area contributed by atoms with Crippen molar-refractivity contribution in [3.8, 4) is 22.3 Å². The van der Waals surface area contributed by atoms with Crippen LogP contribution in [-0.4, -0.2) is 0 Å². The maximum Gasteiger partial charge on any atom is 0.171 e. The fourth-order valence-corrected chi connectivity index (χ4v) is 8.59. The zero-order valence-corrected chi connectivity index (χ0v) is 22.8. The Balaban J connectivity index is 1.64. The molecule has 0 amide bonds. The van der Waals surface area contributed by atoms with Crippen LogP contribution in [0.1, 0.15) is 0 Å². The summed E-state index contributed by atoms with van der Waals surface area (Å²) in [7, 11) is -3.14. The lowest BCUT2D eigenvalue weighted by Crippen LogP contribution is -2.25. The Morgan fingerprint density at radius 3 is 1.18 bits per heavy atom. The first-order valence-electron chi connectivity index (χ1n) is 13.6. The molecule has 0 aromatic heterocycles. The summed E-state index contributed by atoms with van der Waals surface area (Å²) in [6.07, 6.45) is 0. The normalized spacial score (nSPS) is 11.6. The first-order chi connectivity index (χ1) is 19.7. The first-order valence-corrected chi connectivity index (χ1v) is 15.3. The Morgan fingerprint density at radius 2 is 0.700 bits per heavy atom. The molecule has 0 radical (unpaired) electrons. The summed E-state index contributed by atoms with van der Waals surface area (Å²) in [5.41, 5.74) is 4.69. The predicted molar refractivity (Wildman–Crippen MR) is 172 cm³/mol. The van der Waals surface area contributed by atoms with Gasteiger partial charge in [-0.2, -0.15) is 0 Å². The van der Waals surface area contributed by atoms with Gasteiger partial charge in [0.2, 0.25) is 0 Å². The molecule has 7 aromatic carbocycles. The minimum absolute atomic E-state index is 0.837. The van der Waals surface area contributed by atoms with Crippen molar-refractivity contribution in [3.05, 3.63) is 164 Å². The second-order valence-electron chi connectivity index (χ2n) is 10.0. The summed E-state index contributed by atoms with van der Waals surface area (Å²) in [5.74, 6) is 0. The van der Waals surface area contributed by atoms with Gasteiger partial charge in [-0.1, -0.05) is 158 Å². The minimum Gasteiger partial charge on any atom is -0.309 e. The summed E-state index contributed by atoms with van der Waals surface area (Å²) >= 11 is 0. The van der Waals surface area contributed by atoms with E-state index >= 15 is 4.57 Å². The minimum atomic E-state index is -3.14. The van der Waals surface area contributed by atoms with Gasteiger partial charge in [0.1, 0.15) is 0 Å². The molecule has 40 heavy (non-hydrogen) atoms. The Labute approximate surface area is 234 Å². The molecule has 0 aliphatic rings. The van der Waals surface area contributed by atoms with Crippen molar-refractivity contribution in [2.75, 3.05) is 0 Å². The molecular formula is C38H27OP. The zero-order valence-electron chi connectivity index (χ0n) is 21.9. The molecular weight excluding hydrogens is 503 g/mol. The zero-order chi connectivity index (χ0) is 26.9. The molecule has 0 saturated carbocycles. The lowest BCUT2D eigenvalue weighted by atomic mass is 9.86. The molecule has 2 heteroatoms. The van der Waals surface area contributed by atoms with Crippen molar-refractivity contribution >= 4 is 44.6 Å². The summed E-state index contributed by atoms with van der Waals surface area (Å²) in [6.45, 7) is 0. The van der Waals surface area contributed by atoms with Crippen molar-refractivity contribution in [2.24, 2.45) is 0 Å². The van der Waals surface area contributed by atoms with Crippen LogP contribution >= 0.6 is 7.14 Å². The molecule has 0 bridgehead atoms. The highest BCUT2D eigenvalue weighted by Crippen LogP contribution is 2.47. The molecule has 0 fully saturated rings. The molecule has 0 atom stereocenters. The van der Waals surface area contributed by atoms with Crippen LogP contribution in [0.3, 0.4) is 0 Å². The van der Waals surface area contributed by atoms with Crippen LogP contribution in [0, 0.1) is 0 Å². The van der Waals surface area contributed by atoms with Crippen LogP contribution in [0.2, 0.25) is 0 Å². The van der Waals surface area contributed by atoms with Gasteiger partial charge >= 0.3 is 0 Å². The SMILES string of the molecule is O=P(c1ccccc1)(c1ccccc1)c1ccc2c(-c3ccccc3)c3ccccc3c(-c3ccccc3)c2c1.